The smallest absolute Gasteiger partial charge is 0.321 e. The number of rotatable bonds is 6. The van der Waals surface area contributed by atoms with Crippen LogP contribution in [0.25, 0.3) is 16.7 Å². The Hall–Kier alpha value is -3.92. The summed E-state index contributed by atoms with van der Waals surface area (Å²) in [6.45, 7) is 13.4. The fourth-order valence-corrected chi connectivity index (χ4v) is 6.16. The van der Waals surface area contributed by atoms with Gasteiger partial charge in [0.25, 0.3) is 0 Å². The van der Waals surface area contributed by atoms with Crippen molar-refractivity contribution in [2.45, 2.75) is 52.1 Å². The maximum Gasteiger partial charge on any atom is 0.321 e. The molecule has 0 spiro atoms. The second-order valence-electron chi connectivity index (χ2n) is 11.2. The number of aromatic nitrogens is 4. The van der Waals surface area contributed by atoms with E-state index in [1.807, 2.05) is 17.2 Å². The highest BCUT2D eigenvalue weighted by atomic mass is 16.5. The Labute approximate surface area is 234 Å². The Kier molecular flexibility index (Phi) is 6.95. The molecule has 5 heterocycles. The first-order valence-electron chi connectivity index (χ1n) is 14.1. The number of nitrogens with one attached hydrogen (secondary N) is 1. The number of piperazine rings is 1. The predicted octanol–water partition coefficient (Wildman–Crippen LogP) is 3.72. The predicted molar refractivity (Wildman–Crippen MR) is 155 cm³/mol. The van der Waals surface area contributed by atoms with Crippen LogP contribution in [0.2, 0.25) is 0 Å². The number of anilines is 1. The molecule has 10 heteroatoms. The van der Waals surface area contributed by atoms with Crippen LogP contribution in [-0.2, 0) is 11.2 Å². The number of hydrogen-bond acceptors (Lipinski definition) is 8. The highest BCUT2D eigenvalue weighted by Gasteiger charge is 2.33. The first kappa shape index (κ1) is 26.3. The summed E-state index contributed by atoms with van der Waals surface area (Å²) in [6.07, 6.45) is 6.15. The number of likely N-dealkylation sites (N-methyl/N-ethyl adjacent to an activating group) is 1. The Morgan fingerprint density at radius 2 is 2.10 bits per heavy atom. The van der Waals surface area contributed by atoms with Crippen molar-refractivity contribution in [3.8, 4) is 11.9 Å². The van der Waals surface area contributed by atoms with Gasteiger partial charge in [0.1, 0.15) is 18.2 Å². The van der Waals surface area contributed by atoms with Crippen molar-refractivity contribution in [3.63, 3.8) is 0 Å². The molecular formula is C30H37N7O3. The van der Waals surface area contributed by atoms with Crippen LogP contribution in [0.15, 0.2) is 36.6 Å². The maximum absolute atomic E-state index is 12.3. The van der Waals surface area contributed by atoms with Crippen molar-refractivity contribution in [1.82, 2.24) is 30.0 Å². The number of hydrogen-bond donors (Lipinski definition) is 1. The van der Waals surface area contributed by atoms with Crippen LogP contribution in [0.5, 0.6) is 11.9 Å². The van der Waals surface area contributed by atoms with Crippen molar-refractivity contribution in [1.29, 1.82) is 0 Å². The van der Waals surface area contributed by atoms with Crippen molar-refractivity contribution in [3.05, 3.63) is 53.2 Å². The molecule has 0 saturated carbocycles. The Bertz CT molecular complexity index is 1500. The molecule has 1 amide bonds. The summed E-state index contributed by atoms with van der Waals surface area (Å²) in [5, 5.41) is 8.35. The fraction of sp³-hybridized carbons (Fsp3) is 0.467. The van der Waals surface area contributed by atoms with Crippen molar-refractivity contribution >= 4 is 28.4 Å². The van der Waals surface area contributed by atoms with E-state index in [1.165, 1.54) is 12.5 Å². The Morgan fingerprint density at radius 3 is 2.85 bits per heavy atom. The largest absolute Gasteiger partial charge is 0.462 e. The third-order valence-corrected chi connectivity index (χ3v) is 8.48. The second kappa shape index (κ2) is 10.6. The number of ether oxygens (including phenoxy) is 2. The number of nitrogens with zero attached hydrogens (tertiary/aromatic N) is 6. The molecule has 3 aliphatic heterocycles. The van der Waals surface area contributed by atoms with Crippen LogP contribution < -0.4 is 14.4 Å². The van der Waals surface area contributed by atoms with Gasteiger partial charge in [-0.15, -0.1) is 0 Å². The highest BCUT2D eigenvalue weighted by Crippen LogP contribution is 2.41. The van der Waals surface area contributed by atoms with E-state index in [-0.39, 0.29) is 11.9 Å². The zero-order valence-corrected chi connectivity index (χ0v) is 23.7. The lowest BCUT2D eigenvalue weighted by atomic mass is 9.95. The van der Waals surface area contributed by atoms with Crippen LogP contribution in [-0.4, -0.2) is 87.8 Å². The van der Waals surface area contributed by atoms with Gasteiger partial charge in [0.05, 0.1) is 17.3 Å². The van der Waals surface area contributed by atoms with Crippen molar-refractivity contribution in [2.75, 3.05) is 44.7 Å². The maximum atomic E-state index is 12.3. The van der Waals surface area contributed by atoms with Gasteiger partial charge in [-0.25, -0.2) is 0 Å². The van der Waals surface area contributed by atoms with Crippen molar-refractivity contribution < 1.29 is 14.3 Å². The van der Waals surface area contributed by atoms with E-state index in [2.05, 4.69) is 60.5 Å². The zero-order chi connectivity index (χ0) is 28.0. The minimum atomic E-state index is -0.0449. The van der Waals surface area contributed by atoms with Gasteiger partial charge >= 0.3 is 6.01 Å². The third kappa shape index (κ3) is 4.70. The number of allylic oxidation sites excluding steroid dienone is 1. The number of carbonyl (C=O) groups is 1. The van der Waals surface area contributed by atoms with Gasteiger partial charge in [-0.3, -0.25) is 9.89 Å². The monoisotopic (exact) mass is 543 g/mol. The van der Waals surface area contributed by atoms with Gasteiger partial charge < -0.3 is 24.2 Å². The quantitative estimate of drug-likeness (QED) is 0.470. The number of amides is 1. The van der Waals surface area contributed by atoms with Gasteiger partial charge in [-0.2, -0.15) is 15.1 Å². The van der Waals surface area contributed by atoms with E-state index >= 15 is 0 Å². The van der Waals surface area contributed by atoms with E-state index in [0.717, 1.165) is 57.7 Å². The molecule has 1 aromatic carbocycles. The molecule has 3 aromatic rings. The van der Waals surface area contributed by atoms with E-state index in [1.54, 1.807) is 0 Å². The summed E-state index contributed by atoms with van der Waals surface area (Å²) in [4.78, 5) is 28.5. The number of H-pyrrole nitrogens is 1. The van der Waals surface area contributed by atoms with Crippen LogP contribution in [0.3, 0.4) is 0 Å². The molecule has 1 N–H and O–H groups in total. The number of aromatic amines is 1. The number of likely N-dealkylation sites (tertiary alicyclic amines) is 1. The van der Waals surface area contributed by atoms with Gasteiger partial charge in [0.2, 0.25) is 11.8 Å². The minimum absolute atomic E-state index is 0.0449. The topological polar surface area (TPSA) is 99.7 Å². The van der Waals surface area contributed by atoms with E-state index in [9.17, 15) is 4.79 Å². The number of fused-ring (bicyclic) bond motifs is 2. The summed E-state index contributed by atoms with van der Waals surface area (Å²) < 4.78 is 12.9. The van der Waals surface area contributed by atoms with Gasteiger partial charge in [-0.1, -0.05) is 12.6 Å². The molecule has 0 bridgehead atoms. The molecule has 1 unspecified atom stereocenters. The average Bonchev–Trinajstić information content (AvgIpc) is 3.59. The molecule has 2 aromatic heterocycles. The van der Waals surface area contributed by atoms with E-state index in [4.69, 9.17) is 19.4 Å². The first-order valence-corrected chi connectivity index (χ1v) is 14.1. The molecule has 0 aliphatic carbocycles. The van der Waals surface area contributed by atoms with E-state index < -0.39 is 0 Å². The number of carbonyl (C=O) groups excluding carboxylic acids is 1. The summed E-state index contributed by atoms with van der Waals surface area (Å²) in [7, 11) is 2.13. The Morgan fingerprint density at radius 1 is 1.25 bits per heavy atom. The van der Waals surface area contributed by atoms with Gasteiger partial charge in [0.15, 0.2) is 0 Å². The van der Waals surface area contributed by atoms with Crippen molar-refractivity contribution in [2.24, 2.45) is 0 Å². The van der Waals surface area contributed by atoms with Gasteiger partial charge in [0, 0.05) is 49.1 Å². The molecule has 0 radical (unpaired) electrons. The minimum Gasteiger partial charge on any atom is -0.462 e. The number of aryl methyl sites for hydroxylation is 1. The van der Waals surface area contributed by atoms with Gasteiger partial charge in [-0.05, 0) is 70.5 Å². The molecule has 40 heavy (non-hydrogen) atoms. The first-order chi connectivity index (χ1) is 19.3. The van der Waals surface area contributed by atoms with Crippen LogP contribution in [0.4, 0.5) is 5.82 Å². The molecule has 2 fully saturated rings. The van der Waals surface area contributed by atoms with Crippen LogP contribution in [0.1, 0.15) is 43.4 Å². The highest BCUT2D eigenvalue weighted by molar-refractivity contribution is 5.93. The second-order valence-corrected chi connectivity index (χ2v) is 11.2. The molecule has 2 saturated heterocycles. The summed E-state index contributed by atoms with van der Waals surface area (Å²) in [6, 6.07) is 4.84. The normalized spacial score (nSPS) is 21.5. The SMILES string of the molecule is C=CC(=O)N1CCN(c2nc(OCC3CCCN3C)nc3c2CC(C)=C(c2c(C)ccc4[nH]ncc24)O3)[C@@H](C)C1. The Balaban J connectivity index is 1.37. The molecular weight excluding hydrogens is 506 g/mol. The lowest BCUT2D eigenvalue weighted by Gasteiger charge is -2.41. The summed E-state index contributed by atoms with van der Waals surface area (Å²) in [5.74, 6) is 2.10. The standard InChI is InChI=1S/C30H37N7O3/c1-6-25(38)36-12-13-37(20(4)16-36)28-22-14-19(3)27(26-18(2)9-10-24-23(26)15-31-34-24)40-29(22)33-30(32-28)39-17-21-8-7-11-35(21)5/h6,9-10,15,20-21H,1,7-8,11-14,16-17H2,2-5H3,(H,31,34)/t20-,21?/m0/s1. The summed E-state index contributed by atoms with van der Waals surface area (Å²) >= 11 is 0. The fourth-order valence-electron chi connectivity index (χ4n) is 6.16. The molecule has 2 atom stereocenters. The molecule has 210 valence electrons. The van der Waals surface area contributed by atoms with E-state index in [0.29, 0.717) is 50.6 Å². The molecule has 6 rings (SSSR count). The lowest BCUT2D eigenvalue weighted by molar-refractivity contribution is -0.126. The van der Waals surface area contributed by atoms with Crippen LogP contribution >= 0.6 is 0 Å². The van der Waals surface area contributed by atoms with Crippen LogP contribution in [0, 0.1) is 6.92 Å². The summed E-state index contributed by atoms with van der Waals surface area (Å²) in [5.41, 5.74) is 5.14. The molecule has 10 nitrogen and oxygen atoms in total. The number of benzene rings is 1. The average molecular weight is 544 g/mol. The molecule has 3 aliphatic rings. The lowest BCUT2D eigenvalue weighted by Crippen LogP contribution is -2.54. The zero-order valence-electron chi connectivity index (χ0n) is 23.7. The third-order valence-electron chi connectivity index (χ3n) is 8.48.